The Morgan fingerprint density at radius 1 is 1.55 bits per heavy atom. The molecule has 1 atom stereocenters. The molecule has 1 aromatic rings. The number of carboxylic acids is 1. The topological polar surface area (TPSA) is 62.7 Å². The number of hydrogen-bond donors (Lipinski definition) is 1. The lowest BCUT2D eigenvalue weighted by molar-refractivity contribution is 0.0690. The molecule has 0 saturated carbocycles. The standard InChI is InChI=1S/C15H22N2O3/c1-2-8-20-11-12-6-7-17(9-12)10-13-4-3-5-14(16-13)15(18)19/h3-5,12H,2,6-11H2,1H3,(H,18,19)/t12-/m0/s1. The largest absolute Gasteiger partial charge is 0.477 e. The van der Waals surface area contributed by atoms with Crippen LogP contribution in [0.2, 0.25) is 0 Å². The molecule has 1 fully saturated rings. The molecule has 0 aliphatic carbocycles. The molecule has 0 unspecified atom stereocenters. The number of aromatic nitrogens is 1. The zero-order valence-corrected chi connectivity index (χ0v) is 11.9. The zero-order valence-electron chi connectivity index (χ0n) is 11.9. The number of carboxylic acid groups (broad SMARTS) is 1. The first-order valence-electron chi connectivity index (χ1n) is 7.18. The molecule has 1 aliphatic heterocycles. The van der Waals surface area contributed by atoms with Crippen molar-refractivity contribution in [2.45, 2.75) is 26.3 Å². The third-order valence-electron chi connectivity index (χ3n) is 3.48. The van der Waals surface area contributed by atoms with Crippen molar-refractivity contribution >= 4 is 5.97 Å². The summed E-state index contributed by atoms with van der Waals surface area (Å²) in [6, 6.07) is 5.16. The second-order valence-corrected chi connectivity index (χ2v) is 5.28. The van der Waals surface area contributed by atoms with E-state index >= 15 is 0 Å². The monoisotopic (exact) mass is 278 g/mol. The molecular formula is C15H22N2O3. The van der Waals surface area contributed by atoms with Gasteiger partial charge in [-0.2, -0.15) is 0 Å². The van der Waals surface area contributed by atoms with Crippen molar-refractivity contribution in [2.24, 2.45) is 5.92 Å². The maximum atomic E-state index is 10.9. The summed E-state index contributed by atoms with van der Waals surface area (Å²) >= 11 is 0. The molecule has 2 rings (SSSR count). The number of rotatable bonds is 7. The van der Waals surface area contributed by atoms with Crippen LogP contribution in [-0.4, -0.2) is 47.3 Å². The summed E-state index contributed by atoms with van der Waals surface area (Å²) in [5.74, 6) is -0.386. The van der Waals surface area contributed by atoms with Crippen LogP contribution in [0.4, 0.5) is 0 Å². The minimum atomic E-state index is -0.973. The van der Waals surface area contributed by atoms with Crippen LogP contribution in [-0.2, 0) is 11.3 Å². The first-order valence-corrected chi connectivity index (χ1v) is 7.18. The lowest BCUT2D eigenvalue weighted by Gasteiger charge is -2.15. The molecule has 0 spiro atoms. The smallest absolute Gasteiger partial charge is 0.354 e. The van der Waals surface area contributed by atoms with Crippen LogP contribution in [0.5, 0.6) is 0 Å². The summed E-state index contributed by atoms with van der Waals surface area (Å²) in [4.78, 5) is 17.4. The third kappa shape index (κ3) is 4.28. The predicted octanol–water partition coefficient (Wildman–Crippen LogP) is 2.03. The molecule has 20 heavy (non-hydrogen) atoms. The highest BCUT2D eigenvalue weighted by molar-refractivity contribution is 5.85. The van der Waals surface area contributed by atoms with E-state index in [1.54, 1.807) is 6.07 Å². The third-order valence-corrected chi connectivity index (χ3v) is 3.48. The van der Waals surface area contributed by atoms with Crippen LogP contribution in [0, 0.1) is 5.92 Å². The number of pyridine rings is 1. The van der Waals surface area contributed by atoms with Gasteiger partial charge in [-0.05, 0) is 37.4 Å². The molecule has 1 aliphatic rings. The molecular weight excluding hydrogens is 256 g/mol. The van der Waals surface area contributed by atoms with Gasteiger partial charge in [-0.25, -0.2) is 9.78 Å². The highest BCUT2D eigenvalue weighted by Gasteiger charge is 2.23. The van der Waals surface area contributed by atoms with Crippen molar-refractivity contribution in [3.8, 4) is 0 Å². The molecule has 0 radical (unpaired) electrons. The van der Waals surface area contributed by atoms with E-state index in [9.17, 15) is 4.79 Å². The van der Waals surface area contributed by atoms with E-state index in [2.05, 4.69) is 16.8 Å². The second-order valence-electron chi connectivity index (χ2n) is 5.28. The Hall–Kier alpha value is -1.46. The fourth-order valence-corrected chi connectivity index (χ4v) is 2.50. The highest BCUT2D eigenvalue weighted by atomic mass is 16.5. The molecule has 0 aromatic carbocycles. The lowest BCUT2D eigenvalue weighted by Crippen LogP contribution is -2.22. The van der Waals surface area contributed by atoms with Crippen molar-refractivity contribution in [1.82, 2.24) is 9.88 Å². The lowest BCUT2D eigenvalue weighted by atomic mass is 10.1. The minimum Gasteiger partial charge on any atom is -0.477 e. The Bertz CT molecular complexity index is 450. The van der Waals surface area contributed by atoms with Crippen LogP contribution in [0.25, 0.3) is 0 Å². The van der Waals surface area contributed by atoms with Gasteiger partial charge in [0.05, 0.1) is 12.3 Å². The Morgan fingerprint density at radius 2 is 2.40 bits per heavy atom. The predicted molar refractivity (Wildman–Crippen MR) is 75.7 cm³/mol. The van der Waals surface area contributed by atoms with E-state index in [1.165, 1.54) is 6.07 Å². The van der Waals surface area contributed by atoms with Gasteiger partial charge in [-0.1, -0.05) is 13.0 Å². The van der Waals surface area contributed by atoms with E-state index in [-0.39, 0.29) is 5.69 Å². The number of likely N-dealkylation sites (tertiary alicyclic amines) is 1. The first kappa shape index (κ1) is 14.9. The fourth-order valence-electron chi connectivity index (χ4n) is 2.50. The number of aromatic carboxylic acids is 1. The maximum absolute atomic E-state index is 10.9. The van der Waals surface area contributed by atoms with Gasteiger partial charge in [0.25, 0.3) is 0 Å². The van der Waals surface area contributed by atoms with Gasteiger partial charge in [0.1, 0.15) is 5.69 Å². The average molecular weight is 278 g/mol. The number of ether oxygens (including phenoxy) is 1. The Kier molecular flexibility index (Phi) is 5.49. The summed E-state index contributed by atoms with van der Waals surface area (Å²) in [5.41, 5.74) is 0.935. The van der Waals surface area contributed by atoms with E-state index < -0.39 is 5.97 Å². The van der Waals surface area contributed by atoms with Gasteiger partial charge in [-0.3, -0.25) is 4.90 Å². The molecule has 2 heterocycles. The summed E-state index contributed by atoms with van der Waals surface area (Å²) in [6.45, 7) is 6.51. The second kappa shape index (κ2) is 7.36. The molecule has 0 amide bonds. The molecule has 1 N–H and O–H groups in total. The molecule has 5 nitrogen and oxygen atoms in total. The zero-order chi connectivity index (χ0) is 14.4. The molecule has 0 bridgehead atoms. The van der Waals surface area contributed by atoms with Crippen molar-refractivity contribution in [2.75, 3.05) is 26.3 Å². The SMILES string of the molecule is CCCOC[C@H]1CCN(Cc2cccc(C(=O)O)n2)C1. The van der Waals surface area contributed by atoms with Gasteiger partial charge in [0.15, 0.2) is 0 Å². The summed E-state index contributed by atoms with van der Waals surface area (Å²) in [7, 11) is 0. The van der Waals surface area contributed by atoms with Crippen molar-refractivity contribution < 1.29 is 14.6 Å². The Labute approximate surface area is 119 Å². The normalized spacial score (nSPS) is 19.4. The van der Waals surface area contributed by atoms with Gasteiger partial charge >= 0.3 is 5.97 Å². The van der Waals surface area contributed by atoms with Gasteiger partial charge < -0.3 is 9.84 Å². The van der Waals surface area contributed by atoms with E-state index in [4.69, 9.17) is 9.84 Å². The summed E-state index contributed by atoms with van der Waals surface area (Å²) < 4.78 is 5.60. The maximum Gasteiger partial charge on any atom is 0.354 e. The van der Waals surface area contributed by atoms with Gasteiger partial charge in [0, 0.05) is 19.7 Å². The van der Waals surface area contributed by atoms with Crippen molar-refractivity contribution in [3.63, 3.8) is 0 Å². The van der Waals surface area contributed by atoms with Gasteiger partial charge in [0.2, 0.25) is 0 Å². The minimum absolute atomic E-state index is 0.115. The quantitative estimate of drug-likeness (QED) is 0.773. The summed E-state index contributed by atoms with van der Waals surface area (Å²) in [5, 5.41) is 8.94. The fraction of sp³-hybridized carbons (Fsp3) is 0.600. The van der Waals surface area contributed by atoms with E-state index in [0.717, 1.165) is 44.8 Å². The summed E-state index contributed by atoms with van der Waals surface area (Å²) in [6.07, 6.45) is 2.20. The average Bonchev–Trinajstić information content (AvgIpc) is 2.87. The number of nitrogens with zero attached hydrogens (tertiary/aromatic N) is 2. The van der Waals surface area contributed by atoms with E-state index in [0.29, 0.717) is 12.5 Å². The van der Waals surface area contributed by atoms with Crippen LogP contribution in [0.3, 0.4) is 0 Å². The van der Waals surface area contributed by atoms with Crippen molar-refractivity contribution in [1.29, 1.82) is 0 Å². The molecule has 5 heteroatoms. The van der Waals surface area contributed by atoms with Gasteiger partial charge in [-0.15, -0.1) is 0 Å². The van der Waals surface area contributed by atoms with Crippen LogP contribution < -0.4 is 0 Å². The molecule has 110 valence electrons. The van der Waals surface area contributed by atoms with Crippen LogP contribution in [0.1, 0.15) is 35.9 Å². The van der Waals surface area contributed by atoms with Crippen molar-refractivity contribution in [3.05, 3.63) is 29.6 Å². The first-order chi connectivity index (χ1) is 9.69. The van der Waals surface area contributed by atoms with E-state index in [1.807, 2.05) is 6.07 Å². The molecule has 1 saturated heterocycles. The molecule has 1 aromatic heterocycles. The van der Waals surface area contributed by atoms with Crippen LogP contribution >= 0.6 is 0 Å². The Balaban J connectivity index is 1.82. The Morgan fingerprint density at radius 3 is 3.15 bits per heavy atom. The highest BCUT2D eigenvalue weighted by Crippen LogP contribution is 2.18. The van der Waals surface area contributed by atoms with Crippen LogP contribution in [0.15, 0.2) is 18.2 Å². The number of hydrogen-bond acceptors (Lipinski definition) is 4. The number of carbonyl (C=O) groups is 1.